The lowest BCUT2D eigenvalue weighted by Gasteiger charge is -2.63. The number of aliphatic hydroxyl groups excluding tert-OH is 1. The number of Topliss-reactive ketones (excluding diaryl/α,β-unsaturated/α-hetero) is 2. The number of hydrogen-bond donors (Lipinski definition) is 1. The van der Waals surface area contributed by atoms with Gasteiger partial charge < -0.3 is 14.6 Å². The van der Waals surface area contributed by atoms with E-state index in [0.29, 0.717) is 24.4 Å². The van der Waals surface area contributed by atoms with Gasteiger partial charge in [0.05, 0.1) is 11.7 Å². The molecule has 0 aromatic carbocycles. The van der Waals surface area contributed by atoms with Crippen LogP contribution in [0.25, 0.3) is 0 Å². The largest absolute Gasteiger partial charge is 0.462 e. The first kappa shape index (κ1) is 18.0. The molecule has 2 heterocycles. The van der Waals surface area contributed by atoms with Gasteiger partial charge in [0.2, 0.25) is 0 Å². The minimum absolute atomic E-state index is 0.0762. The molecule has 5 heteroatoms. The van der Waals surface area contributed by atoms with Crippen molar-refractivity contribution in [3.05, 3.63) is 11.5 Å². The Hall–Kier alpha value is -1.36. The predicted molar refractivity (Wildman–Crippen MR) is 95.0 cm³/mol. The highest BCUT2D eigenvalue weighted by molar-refractivity contribution is 5.97. The average Bonchev–Trinajstić information content (AvgIpc) is 2.51. The maximum absolute atomic E-state index is 13.2. The van der Waals surface area contributed by atoms with E-state index in [0.717, 1.165) is 12.8 Å². The summed E-state index contributed by atoms with van der Waals surface area (Å²) in [6, 6.07) is 0. The van der Waals surface area contributed by atoms with E-state index in [1.807, 2.05) is 13.8 Å². The molecule has 2 aliphatic heterocycles. The molecule has 26 heavy (non-hydrogen) atoms. The van der Waals surface area contributed by atoms with Crippen molar-refractivity contribution in [3.63, 3.8) is 0 Å². The van der Waals surface area contributed by atoms with Crippen molar-refractivity contribution in [2.45, 2.75) is 84.5 Å². The molecule has 1 N–H and O–H groups in total. The van der Waals surface area contributed by atoms with Crippen molar-refractivity contribution in [1.29, 1.82) is 0 Å². The lowest BCUT2D eigenvalue weighted by molar-refractivity contribution is -0.221. The van der Waals surface area contributed by atoms with Gasteiger partial charge in [0.15, 0.2) is 5.78 Å². The first-order chi connectivity index (χ1) is 12.0. The van der Waals surface area contributed by atoms with Crippen LogP contribution in [-0.2, 0) is 19.1 Å². The Morgan fingerprint density at radius 3 is 2.42 bits per heavy atom. The van der Waals surface area contributed by atoms with Crippen LogP contribution in [0.1, 0.15) is 66.7 Å². The Morgan fingerprint density at radius 1 is 1.04 bits per heavy atom. The number of ether oxygens (including phenoxy) is 2. The number of hydrogen-bond acceptors (Lipinski definition) is 5. The van der Waals surface area contributed by atoms with E-state index >= 15 is 0 Å². The zero-order valence-electron chi connectivity index (χ0n) is 16.4. The fraction of sp³-hybridized carbons (Fsp3) is 0.810. The van der Waals surface area contributed by atoms with Gasteiger partial charge >= 0.3 is 0 Å². The van der Waals surface area contributed by atoms with E-state index in [1.54, 1.807) is 0 Å². The van der Waals surface area contributed by atoms with Crippen LogP contribution in [0.2, 0.25) is 0 Å². The summed E-state index contributed by atoms with van der Waals surface area (Å²) in [4.78, 5) is 25.8. The zero-order valence-corrected chi connectivity index (χ0v) is 16.4. The molecular formula is C21H30O5. The maximum atomic E-state index is 13.2. The molecule has 0 spiro atoms. The molecule has 0 aromatic rings. The van der Waals surface area contributed by atoms with Crippen LogP contribution in [0.3, 0.4) is 0 Å². The van der Waals surface area contributed by atoms with Gasteiger partial charge in [-0.25, -0.2) is 0 Å². The van der Waals surface area contributed by atoms with Gasteiger partial charge in [-0.2, -0.15) is 0 Å². The van der Waals surface area contributed by atoms with E-state index in [-0.39, 0.29) is 41.3 Å². The summed E-state index contributed by atoms with van der Waals surface area (Å²) in [6.07, 6.45) is 1.91. The fourth-order valence-corrected chi connectivity index (χ4v) is 6.25. The van der Waals surface area contributed by atoms with Crippen LogP contribution in [0.5, 0.6) is 0 Å². The summed E-state index contributed by atoms with van der Waals surface area (Å²) in [5.74, 6) is 0.572. The Balaban J connectivity index is 1.79. The van der Waals surface area contributed by atoms with Crippen LogP contribution in [0, 0.1) is 22.7 Å². The molecule has 6 atom stereocenters. The third-order valence-corrected chi connectivity index (χ3v) is 7.95. The number of allylic oxidation sites excluding steroid dienone is 1. The number of ketones is 2. The Morgan fingerprint density at radius 2 is 1.73 bits per heavy atom. The molecule has 2 saturated carbocycles. The van der Waals surface area contributed by atoms with Gasteiger partial charge in [0, 0.05) is 24.2 Å². The monoisotopic (exact) mass is 362 g/mol. The SMILES string of the molecule is CC1CC(=O)C2=C(O1)OC1(C)CCC3C(C)(C)C(O)CC(=O)C3(C)C1C2. The fourth-order valence-electron chi connectivity index (χ4n) is 6.25. The Bertz CT molecular complexity index is 707. The topological polar surface area (TPSA) is 72.8 Å². The Kier molecular flexibility index (Phi) is 3.70. The second-order valence-corrected chi connectivity index (χ2v) is 9.83. The average molecular weight is 362 g/mol. The van der Waals surface area contributed by atoms with E-state index in [2.05, 4.69) is 20.8 Å². The molecule has 0 bridgehead atoms. The molecule has 2 fully saturated rings. The molecule has 144 valence electrons. The molecular weight excluding hydrogens is 332 g/mol. The molecule has 0 radical (unpaired) electrons. The second-order valence-electron chi connectivity index (χ2n) is 9.83. The minimum Gasteiger partial charge on any atom is -0.462 e. The highest BCUT2D eigenvalue weighted by Crippen LogP contribution is 2.64. The van der Waals surface area contributed by atoms with Gasteiger partial charge in [-0.3, -0.25) is 9.59 Å². The van der Waals surface area contributed by atoms with E-state index in [9.17, 15) is 14.7 Å². The van der Waals surface area contributed by atoms with Crippen LogP contribution in [0.4, 0.5) is 0 Å². The molecule has 0 amide bonds. The lowest BCUT2D eigenvalue weighted by atomic mass is 9.43. The summed E-state index contributed by atoms with van der Waals surface area (Å²) in [5, 5.41) is 10.5. The summed E-state index contributed by atoms with van der Waals surface area (Å²) in [5.41, 5.74) is -0.836. The maximum Gasteiger partial charge on any atom is 0.286 e. The number of fused-ring (bicyclic) bond motifs is 3. The second kappa shape index (κ2) is 5.34. The van der Waals surface area contributed by atoms with Crippen molar-refractivity contribution < 1.29 is 24.2 Å². The highest BCUT2D eigenvalue weighted by atomic mass is 16.7. The van der Waals surface area contributed by atoms with E-state index < -0.39 is 17.1 Å². The van der Waals surface area contributed by atoms with Gasteiger partial charge in [-0.1, -0.05) is 20.8 Å². The quantitative estimate of drug-likeness (QED) is 0.717. The molecule has 5 nitrogen and oxygen atoms in total. The summed E-state index contributed by atoms with van der Waals surface area (Å²) in [7, 11) is 0. The number of carbonyl (C=O) groups excluding carboxylic acids is 2. The third kappa shape index (κ3) is 2.19. The zero-order chi connectivity index (χ0) is 19.1. The van der Waals surface area contributed by atoms with Crippen molar-refractivity contribution in [2.24, 2.45) is 22.7 Å². The predicted octanol–water partition coefficient (Wildman–Crippen LogP) is 3.15. The number of carbonyl (C=O) groups is 2. The molecule has 6 unspecified atom stereocenters. The molecule has 4 aliphatic rings. The molecule has 0 aromatic heterocycles. The first-order valence-electron chi connectivity index (χ1n) is 9.83. The summed E-state index contributed by atoms with van der Waals surface area (Å²) < 4.78 is 12.1. The minimum atomic E-state index is -0.614. The van der Waals surface area contributed by atoms with Crippen LogP contribution in [0.15, 0.2) is 11.5 Å². The van der Waals surface area contributed by atoms with Gasteiger partial charge in [-0.05, 0) is 44.4 Å². The van der Waals surface area contributed by atoms with Crippen LogP contribution in [-0.4, -0.2) is 34.5 Å². The van der Waals surface area contributed by atoms with Crippen molar-refractivity contribution in [1.82, 2.24) is 0 Å². The van der Waals surface area contributed by atoms with Crippen molar-refractivity contribution in [2.75, 3.05) is 0 Å². The van der Waals surface area contributed by atoms with Crippen LogP contribution >= 0.6 is 0 Å². The van der Waals surface area contributed by atoms with Crippen molar-refractivity contribution in [3.8, 4) is 0 Å². The third-order valence-electron chi connectivity index (χ3n) is 7.95. The van der Waals surface area contributed by atoms with Gasteiger partial charge in [0.1, 0.15) is 17.5 Å². The number of rotatable bonds is 0. The van der Waals surface area contributed by atoms with E-state index in [1.165, 1.54) is 0 Å². The van der Waals surface area contributed by atoms with Crippen molar-refractivity contribution >= 4 is 11.6 Å². The molecule has 2 aliphatic carbocycles. The molecule has 0 saturated heterocycles. The normalized spacial score (nSPS) is 47.3. The number of aliphatic hydroxyl groups is 1. The Labute approximate surface area is 155 Å². The van der Waals surface area contributed by atoms with E-state index in [4.69, 9.17) is 9.47 Å². The standard InChI is InChI=1S/C21H30O5/c1-11-8-13(22)12-9-15-20(4,26-18(12)25-11)7-6-14-19(2,3)16(23)10-17(24)21(14,15)5/h11,14-16,23H,6-10H2,1-5H3. The lowest BCUT2D eigenvalue weighted by Crippen LogP contribution is -2.66. The summed E-state index contributed by atoms with van der Waals surface area (Å²) >= 11 is 0. The smallest absolute Gasteiger partial charge is 0.286 e. The van der Waals surface area contributed by atoms with Gasteiger partial charge in [-0.15, -0.1) is 0 Å². The van der Waals surface area contributed by atoms with Gasteiger partial charge in [0.25, 0.3) is 5.95 Å². The molecule has 4 rings (SSSR count). The van der Waals surface area contributed by atoms with Crippen LogP contribution < -0.4 is 0 Å². The highest BCUT2D eigenvalue weighted by Gasteiger charge is 2.66. The summed E-state index contributed by atoms with van der Waals surface area (Å²) in [6.45, 7) is 10.1. The first-order valence-corrected chi connectivity index (χ1v) is 9.83.